The standard InChI is InChI=1S/C24H28ClNO3S/c1-24(2,3)20-9-4-18(5-10-20)8-13-23(27)26(22-14-15-30(28,29)17-22)16-19-6-11-21(25)12-7-19/h4-13,22H,14-17H2,1-3H3/b13-8+. The lowest BCUT2D eigenvalue weighted by atomic mass is 9.87. The minimum atomic E-state index is -3.10. The molecule has 1 aliphatic rings. The lowest BCUT2D eigenvalue weighted by Crippen LogP contribution is -2.39. The number of hydrogen-bond donors (Lipinski definition) is 0. The van der Waals surface area contributed by atoms with Crippen LogP contribution in [0.2, 0.25) is 5.02 Å². The first kappa shape index (κ1) is 22.6. The Hall–Kier alpha value is -2.11. The average molecular weight is 446 g/mol. The van der Waals surface area contributed by atoms with Crippen LogP contribution in [0.25, 0.3) is 6.08 Å². The summed E-state index contributed by atoms with van der Waals surface area (Å²) in [6.07, 6.45) is 3.79. The molecule has 3 rings (SSSR count). The Labute approximate surface area is 184 Å². The predicted molar refractivity (Wildman–Crippen MR) is 123 cm³/mol. The van der Waals surface area contributed by atoms with Gasteiger partial charge < -0.3 is 4.90 Å². The number of amides is 1. The maximum absolute atomic E-state index is 13.0. The number of nitrogens with zero attached hydrogens (tertiary/aromatic N) is 1. The number of sulfone groups is 1. The van der Waals surface area contributed by atoms with Crippen LogP contribution in [0.15, 0.2) is 54.6 Å². The second-order valence-electron chi connectivity index (χ2n) is 8.85. The van der Waals surface area contributed by atoms with Gasteiger partial charge in [-0.2, -0.15) is 0 Å². The summed E-state index contributed by atoms with van der Waals surface area (Å²) in [5.41, 5.74) is 3.15. The van der Waals surface area contributed by atoms with Crippen LogP contribution in [0.4, 0.5) is 0 Å². The quantitative estimate of drug-likeness (QED) is 0.617. The van der Waals surface area contributed by atoms with Gasteiger partial charge in [0.05, 0.1) is 11.5 Å². The fourth-order valence-electron chi connectivity index (χ4n) is 3.55. The second kappa shape index (κ2) is 8.94. The van der Waals surface area contributed by atoms with Gasteiger partial charge in [-0.05, 0) is 46.7 Å². The van der Waals surface area contributed by atoms with Crippen molar-refractivity contribution in [3.8, 4) is 0 Å². The Balaban J connectivity index is 1.79. The molecule has 0 radical (unpaired) electrons. The third-order valence-electron chi connectivity index (χ3n) is 5.39. The molecule has 1 fully saturated rings. The van der Waals surface area contributed by atoms with Crippen molar-refractivity contribution in [2.24, 2.45) is 0 Å². The predicted octanol–water partition coefficient (Wildman–Crippen LogP) is 4.87. The fraction of sp³-hybridized carbons (Fsp3) is 0.375. The minimum absolute atomic E-state index is 0.0143. The van der Waals surface area contributed by atoms with E-state index in [1.54, 1.807) is 23.1 Å². The van der Waals surface area contributed by atoms with Crippen LogP contribution in [0, 0.1) is 0 Å². The highest BCUT2D eigenvalue weighted by Gasteiger charge is 2.34. The summed E-state index contributed by atoms with van der Waals surface area (Å²) in [4.78, 5) is 14.7. The van der Waals surface area contributed by atoms with E-state index in [-0.39, 0.29) is 28.9 Å². The van der Waals surface area contributed by atoms with Gasteiger partial charge in [-0.15, -0.1) is 0 Å². The number of carbonyl (C=O) groups is 1. The molecule has 1 aliphatic heterocycles. The summed E-state index contributed by atoms with van der Waals surface area (Å²) in [6, 6.07) is 15.1. The van der Waals surface area contributed by atoms with Crippen LogP contribution in [0.1, 0.15) is 43.9 Å². The first-order chi connectivity index (χ1) is 14.0. The van der Waals surface area contributed by atoms with Crippen molar-refractivity contribution < 1.29 is 13.2 Å². The van der Waals surface area contributed by atoms with Gasteiger partial charge in [0, 0.05) is 23.7 Å². The molecule has 2 aromatic carbocycles. The summed E-state index contributed by atoms with van der Waals surface area (Å²) in [5, 5.41) is 0.624. The molecule has 0 N–H and O–H groups in total. The number of carbonyl (C=O) groups excluding carboxylic acids is 1. The van der Waals surface area contributed by atoms with Gasteiger partial charge in [0.25, 0.3) is 0 Å². The molecule has 0 bridgehead atoms. The van der Waals surface area contributed by atoms with Crippen LogP contribution in [0.5, 0.6) is 0 Å². The summed E-state index contributed by atoms with van der Waals surface area (Å²) >= 11 is 5.96. The number of halogens is 1. The van der Waals surface area contributed by atoms with Crippen molar-refractivity contribution >= 4 is 33.4 Å². The van der Waals surface area contributed by atoms with E-state index in [2.05, 4.69) is 32.9 Å². The average Bonchev–Trinajstić information content (AvgIpc) is 3.04. The topological polar surface area (TPSA) is 54.5 Å². The highest BCUT2D eigenvalue weighted by Crippen LogP contribution is 2.24. The van der Waals surface area contributed by atoms with Crippen molar-refractivity contribution in [1.29, 1.82) is 0 Å². The zero-order valence-electron chi connectivity index (χ0n) is 17.6. The maximum Gasteiger partial charge on any atom is 0.247 e. The molecule has 0 aliphatic carbocycles. The minimum Gasteiger partial charge on any atom is -0.331 e. The molecule has 1 atom stereocenters. The largest absolute Gasteiger partial charge is 0.331 e. The normalized spacial score (nSPS) is 18.6. The smallest absolute Gasteiger partial charge is 0.247 e. The number of rotatable bonds is 5. The van der Waals surface area contributed by atoms with E-state index in [0.29, 0.717) is 18.0 Å². The van der Waals surface area contributed by atoms with Crippen molar-refractivity contribution in [2.45, 2.75) is 45.2 Å². The van der Waals surface area contributed by atoms with Crippen LogP contribution < -0.4 is 0 Å². The Kier molecular flexibility index (Phi) is 6.73. The van der Waals surface area contributed by atoms with Gasteiger partial charge >= 0.3 is 0 Å². The van der Waals surface area contributed by atoms with E-state index >= 15 is 0 Å². The monoisotopic (exact) mass is 445 g/mol. The van der Waals surface area contributed by atoms with E-state index < -0.39 is 9.84 Å². The fourth-order valence-corrected chi connectivity index (χ4v) is 5.41. The van der Waals surface area contributed by atoms with Gasteiger partial charge in [0.1, 0.15) is 0 Å². The molecular weight excluding hydrogens is 418 g/mol. The van der Waals surface area contributed by atoms with Crippen molar-refractivity contribution in [3.63, 3.8) is 0 Å². The van der Waals surface area contributed by atoms with E-state index in [4.69, 9.17) is 11.6 Å². The molecule has 1 heterocycles. The van der Waals surface area contributed by atoms with E-state index in [9.17, 15) is 13.2 Å². The summed E-state index contributed by atoms with van der Waals surface area (Å²) in [5.74, 6) is -0.0486. The molecule has 1 unspecified atom stereocenters. The van der Waals surface area contributed by atoms with Gasteiger partial charge in [-0.1, -0.05) is 68.8 Å². The van der Waals surface area contributed by atoms with E-state index in [1.165, 1.54) is 11.6 Å². The van der Waals surface area contributed by atoms with Crippen molar-refractivity contribution in [1.82, 2.24) is 4.90 Å². The third-order valence-corrected chi connectivity index (χ3v) is 7.40. The van der Waals surface area contributed by atoms with Crippen LogP contribution in [0.3, 0.4) is 0 Å². The second-order valence-corrected chi connectivity index (χ2v) is 11.5. The molecule has 160 valence electrons. The lowest BCUT2D eigenvalue weighted by Gasteiger charge is -2.27. The van der Waals surface area contributed by atoms with Crippen LogP contribution >= 0.6 is 11.6 Å². The molecule has 0 saturated carbocycles. The van der Waals surface area contributed by atoms with E-state index in [0.717, 1.165) is 11.1 Å². The molecule has 4 nitrogen and oxygen atoms in total. The Morgan fingerprint density at radius 2 is 1.73 bits per heavy atom. The first-order valence-electron chi connectivity index (χ1n) is 10.1. The number of hydrogen-bond acceptors (Lipinski definition) is 3. The SMILES string of the molecule is CC(C)(C)c1ccc(/C=C/C(=O)N(Cc2ccc(Cl)cc2)C2CCS(=O)(=O)C2)cc1. The maximum atomic E-state index is 13.0. The molecule has 6 heteroatoms. The van der Waals surface area contributed by atoms with Crippen molar-refractivity contribution in [3.05, 3.63) is 76.3 Å². The van der Waals surface area contributed by atoms with Crippen molar-refractivity contribution in [2.75, 3.05) is 11.5 Å². The zero-order valence-corrected chi connectivity index (χ0v) is 19.2. The van der Waals surface area contributed by atoms with E-state index in [1.807, 2.05) is 24.3 Å². The highest BCUT2D eigenvalue weighted by molar-refractivity contribution is 7.91. The van der Waals surface area contributed by atoms with Crippen LogP contribution in [-0.4, -0.2) is 36.8 Å². The molecule has 1 saturated heterocycles. The first-order valence-corrected chi connectivity index (χ1v) is 12.3. The Morgan fingerprint density at radius 3 is 2.27 bits per heavy atom. The molecule has 30 heavy (non-hydrogen) atoms. The van der Waals surface area contributed by atoms with Gasteiger partial charge in [0.15, 0.2) is 9.84 Å². The Bertz CT molecular complexity index is 1020. The summed E-state index contributed by atoms with van der Waals surface area (Å²) in [7, 11) is -3.10. The van der Waals surface area contributed by atoms with Gasteiger partial charge in [-0.25, -0.2) is 8.42 Å². The molecule has 0 aromatic heterocycles. The third kappa shape index (κ3) is 5.96. The summed E-state index contributed by atoms with van der Waals surface area (Å²) in [6.45, 7) is 6.83. The Morgan fingerprint density at radius 1 is 1.10 bits per heavy atom. The lowest BCUT2D eigenvalue weighted by molar-refractivity contribution is -0.128. The molecule has 2 aromatic rings. The molecule has 0 spiro atoms. The molecule has 1 amide bonds. The molecular formula is C24H28ClNO3S. The van der Waals surface area contributed by atoms with Gasteiger partial charge in [0.2, 0.25) is 5.91 Å². The summed E-state index contributed by atoms with van der Waals surface area (Å²) < 4.78 is 24.0. The van der Waals surface area contributed by atoms with Gasteiger partial charge in [-0.3, -0.25) is 4.79 Å². The highest BCUT2D eigenvalue weighted by atomic mass is 35.5. The zero-order chi connectivity index (χ0) is 21.9. The van der Waals surface area contributed by atoms with Crippen LogP contribution in [-0.2, 0) is 26.6 Å². The number of benzene rings is 2.